The van der Waals surface area contributed by atoms with Crippen molar-refractivity contribution < 1.29 is 18.7 Å². The zero-order chi connectivity index (χ0) is 18.5. The van der Waals surface area contributed by atoms with Crippen LogP contribution in [0.5, 0.6) is 0 Å². The number of benzene rings is 1. The molecule has 0 fully saturated rings. The summed E-state index contributed by atoms with van der Waals surface area (Å²) in [5.74, 6) is -0.460. The van der Waals surface area contributed by atoms with Gasteiger partial charge in [-0.15, -0.1) is 11.3 Å². The molecule has 1 atom stereocenters. The lowest BCUT2D eigenvalue weighted by Crippen LogP contribution is -2.35. The average molecular weight is 391 g/mol. The van der Waals surface area contributed by atoms with Gasteiger partial charge < -0.3 is 14.5 Å². The topological polar surface area (TPSA) is 81.4 Å². The first-order valence-electron chi connectivity index (χ1n) is 7.75. The number of nitrogens with zero attached hydrogens (tertiary/aromatic N) is 1. The van der Waals surface area contributed by atoms with Crippen LogP contribution in [0.15, 0.2) is 52.5 Å². The second kappa shape index (κ2) is 8.16. The van der Waals surface area contributed by atoms with Crippen molar-refractivity contribution in [2.45, 2.75) is 19.6 Å². The smallest absolute Gasteiger partial charge is 0.358 e. The monoisotopic (exact) mass is 390 g/mol. The molecule has 8 heteroatoms. The summed E-state index contributed by atoms with van der Waals surface area (Å²) < 4.78 is 10.3. The molecule has 0 aliphatic rings. The Morgan fingerprint density at radius 1 is 1.35 bits per heavy atom. The highest BCUT2D eigenvalue weighted by atomic mass is 35.5. The molecule has 26 heavy (non-hydrogen) atoms. The molecule has 1 aromatic carbocycles. The first-order valence-corrected chi connectivity index (χ1v) is 9.01. The lowest BCUT2D eigenvalue weighted by Gasteiger charge is -2.12. The minimum atomic E-state index is -0.950. The number of aromatic nitrogens is 1. The molecule has 1 amide bonds. The Kier molecular flexibility index (Phi) is 5.70. The van der Waals surface area contributed by atoms with Gasteiger partial charge in [0.05, 0.1) is 12.8 Å². The van der Waals surface area contributed by atoms with Gasteiger partial charge in [0.2, 0.25) is 0 Å². The SMILES string of the molecule is C[C@H](OC(=O)c1csc(-c2cccc(Cl)c2)n1)C(=O)NCc1ccco1. The van der Waals surface area contributed by atoms with Crippen LogP contribution in [0, 0.1) is 0 Å². The van der Waals surface area contributed by atoms with Gasteiger partial charge in [-0.1, -0.05) is 23.7 Å². The number of nitrogens with one attached hydrogen (secondary N) is 1. The fraction of sp³-hybridized carbons (Fsp3) is 0.167. The molecule has 3 rings (SSSR count). The number of carbonyl (C=O) groups excluding carboxylic acids is 2. The fourth-order valence-electron chi connectivity index (χ4n) is 2.13. The van der Waals surface area contributed by atoms with Crippen molar-refractivity contribution >= 4 is 34.8 Å². The number of esters is 1. The van der Waals surface area contributed by atoms with Gasteiger partial charge in [-0.05, 0) is 31.2 Å². The van der Waals surface area contributed by atoms with Gasteiger partial charge in [-0.3, -0.25) is 4.79 Å². The number of furan rings is 1. The van der Waals surface area contributed by atoms with E-state index in [-0.39, 0.29) is 12.2 Å². The third-order valence-electron chi connectivity index (χ3n) is 3.45. The van der Waals surface area contributed by atoms with Gasteiger partial charge in [0.15, 0.2) is 11.8 Å². The number of halogens is 1. The molecule has 2 heterocycles. The van der Waals surface area contributed by atoms with E-state index in [1.165, 1.54) is 24.5 Å². The standard InChI is InChI=1S/C18H15ClN2O4S/c1-11(16(22)20-9-14-6-3-7-24-14)25-18(23)15-10-26-17(21-15)12-4-2-5-13(19)8-12/h2-8,10-11H,9H2,1H3,(H,20,22)/t11-/m0/s1. The van der Waals surface area contributed by atoms with Crippen molar-refractivity contribution in [1.82, 2.24) is 10.3 Å². The number of carbonyl (C=O) groups is 2. The minimum absolute atomic E-state index is 0.149. The molecule has 0 bridgehead atoms. The van der Waals surface area contributed by atoms with Crippen LogP contribution in [-0.4, -0.2) is 23.0 Å². The van der Waals surface area contributed by atoms with E-state index in [4.69, 9.17) is 20.8 Å². The maximum Gasteiger partial charge on any atom is 0.358 e. The van der Waals surface area contributed by atoms with Gasteiger partial charge in [0.1, 0.15) is 10.8 Å². The molecule has 6 nitrogen and oxygen atoms in total. The second-order valence-corrected chi connectivity index (χ2v) is 6.69. The van der Waals surface area contributed by atoms with Crippen LogP contribution < -0.4 is 5.32 Å². The first kappa shape index (κ1) is 18.2. The Labute approximate surface area is 158 Å². The van der Waals surface area contributed by atoms with E-state index in [0.717, 1.165) is 5.56 Å². The summed E-state index contributed by atoms with van der Waals surface area (Å²) in [6, 6.07) is 10.7. The second-order valence-electron chi connectivity index (χ2n) is 5.39. The summed E-state index contributed by atoms with van der Waals surface area (Å²) >= 11 is 7.27. The summed E-state index contributed by atoms with van der Waals surface area (Å²) in [5, 5.41) is 5.46. The zero-order valence-corrected chi connectivity index (χ0v) is 15.3. The third-order valence-corrected chi connectivity index (χ3v) is 4.58. The highest BCUT2D eigenvalue weighted by molar-refractivity contribution is 7.13. The largest absolute Gasteiger partial charge is 0.467 e. The third kappa shape index (κ3) is 4.50. The summed E-state index contributed by atoms with van der Waals surface area (Å²) in [4.78, 5) is 28.5. The van der Waals surface area contributed by atoms with Crippen LogP contribution in [-0.2, 0) is 16.1 Å². The van der Waals surface area contributed by atoms with E-state index in [9.17, 15) is 9.59 Å². The van der Waals surface area contributed by atoms with Crippen molar-refractivity contribution in [3.05, 3.63) is 64.5 Å². The minimum Gasteiger partial charge on any atom is -0.467 e. The van der Waals surface area contributed by atoms with Crippen molar-refractivity contribution in [2.75, 3.05) is 0 Å². The Morgan fingerprint density at radius 3 is 2.92 bits per heavy atom. The normalized spacial score (nSPS) is 11.8. The molecular weight excluding hydrogens is 376 g/mol. The van der Waals surface area contributed by atoms with Crippen LogP contribution in [0.1, 0.15) is 23.2 Å². The van der Waals surface area contributed by atoms with Crippen molar-refractivity contribution in [3.63, 3.8) is 0 Å². The molecular formula is C18H15ClN2O4S. The van der Waals surface area contributed by atoms with E-state index in [0.29, 0.717) is 15.8 Å². The highest BCUT2D eigenvalue weighted by Gasteiger charge is 2.21. The highest BCUT2D eigenvalue weighted by Crippen LogP contribution is 2.26. The Morgan fingerprint density at radius 2 is 2.19 bits per heavy atom. The van der Waals surface area contributed by atoms with Crippen LogP contribution in [0.4, 0.5) is 0 Å². The van der Waals surface area contributed by atoms with Gasteiger partial charge in [-0.25, -0.2) is 9.78 Å². The maximum absolute atomic E-state index is 12.2. The van der Waals surface area contributed by atoms with Crippen LogP contribution >= 0.6 is 22.9 Å². The molecule has 1 N–H and O–H groups in total. The van der Waals surface area contributed by atoms with E-state index < -0.39 is 18.0 Å². The molecule has 3 aromatic rings. The quantitative estimate of drug-likeness (QED) is 0.645. The molecule has 0 aliphatic heterocycles. The van der Waals surface area contributed by atoms with E-state index in [1.807, 2.05) is 12.1 Å². The summed E-state index contributed by atoms with van der Waals surface area (Å²) in [6.45, 7) is 1.73. The molecule has 0 aliphatic carbocycles. The van der Waals surface area contributed by atoms with Crippen LogP contribution in [0.3, 0.4) is 0 Å². The van der Waals surface area contributed by atoms with Crippen molar-refractivity contribution in [3.8, 4) is 10.6 Å². The van der Waals surface area contributed by atoms with Crippen molar-refractivity contribution in [2.24, 2.45) is 0 Å². The number of ether oxygens (including phenoxy) is 1. The predicted octanol–water partition coefficient (Wildman–Crippen LogP) is 3.92. The summed E-state index contributed by atoms with van der Waals surface area (Å²) in [6.07, 6.45) is 0.568. The molecule has 134 valence electrons. The number of hydrogen-bond donors (Lipinski definition) is 1. The zero-order valence-electron chi connectivity index (χ0n) is 13.8. The molecule has 0 radical (unpaired) electrons. The molecule has 0 spiro atoms. The fourth-order valence-corrected chi connectivity index (χ4v) is 3.10. The summed E-state index contributed by atoms with van der Waals surface area (Å²) in [7, 11) is 0. The Balaban J connectivity index is 1.58. The molecule has 0 saturated heterocycles. The molecule has 0 unspecified atom stereocenters. The molecule has 2 aromatic heterocycles. The van der Waals surface area contributed by atoms with Gasteiger partial charge in [-0.2, -0.15) is 0 Å². The average Bonchev–Trinajstić information content (AvgIpc) is 3.31. The maximum atomic E-state index is 12.2. The van der Waals surface area contributed by atoms with Gasteiger partial charge in [0, 0.05) is 16.0 Å². The van der Waals surface area contributed by atoms with Crippen LogP contribution in [0.25, 0.3) is 10.6 Å². The van der Waals surface area contributed by atoms with E-state index in [1.54, 1.807) is 29.6 Å². The Bertz CT molecular complexity index is 908. The lowest BCUT2D eigenvalue weighted by molar-refractivity contribution is -0.129. The summed E-state index contributed by atoms with van der Waals surface area (Å²) in [5.41, 5.74) is 0.960. The number of amides is 1. The van der Waals surface area contributed by atoms with Crippen molar-refractivity contribution in [1.29, 1.82) is 0 Å². The number of rotatable bonds is 6. The number of thiazole rings is 1. The predicted molar refractivity (Wildman–Crippen MR) is 98.0 cm³/mol. The van der Waals surface area contributed by atoms with Gasteiger partial charge >= 0.3 is 5.97 Å². The lowest BCUT2D eigenvalue weighted by atomic mass is 10.2. The van der Waals surface area contributed by atoms with E-state index >= 15 is 0 Å². The van der Waals surface area contributed by atoms with Crippen LogP contribution in [0.2, 0.25) is 5.02 Å². The van der Waals surface area contributed by atoms with E-state index in [2.05, 4.69) is 10.3 Å². The Hall–Kier alpha value is -2.64. The van der Waals surface area contributed by atoms with Gasteiger partial charge in [0.25, 0.3) is 5.91 Å². The number of hydrogen-bond acceptors (Lipinski definition) is 6. The molecule has 0 saturated carbocycles. The first-order chi connectivity index (χ1) is 12.5.